The molecule has 0 bridgehead atoms. The number of rotatable bonds is 5. The first kappa shape index (κ1) is 22.6. The van der Waals surface area contributed by atoms with Crippen molar-refractivity contribution in [3.05, 3.63) is 23.3 Å². The summed E-state index contributed by atoms with van der Waals surface area (Å²) in [7, 11) is 0. The Morgan fingerprint density at radius 1 is 0.967 bits per heavy atom. The van der Waals surface area contributed by atoms with Crippen molar-refractivity contribution in [3.63, 3.8) is 0 Å². The fourth-order valence-electron chi connectivity index (χ4n) is 8.02. The molecule has 3 fully saturated rings. The zero-order valence-corrected chi connectivity index (χ0v) is 20.3. The van der Waals surface area contributed by atoms with Crippen LogP contribution in [0.5, 0.6) is 0 Å². The summed E-state index contributed by atoms with van der Waals surface area (Å²) in [5, 5.41) is 21.3. The van der Waals surface area contributed by atoms with E-state index >= 15 is 0 Å². The molecule has 0 aliphatic heterocycles. The number of allylic oxidation sites excluding steroid dienone is 3. The van der Waals surface area contributed by atoms with Crippen molar-refractivity contribution in [3.8, 4) is 0 Å². The van der Waals surface area contributed by atoms with Crippen LogP contribution in [0.3, 0.4) is 0 Å². The second-order valence-corrected chi connectivity index (χ2v) is 12.4. The van der Waals surface area contributed by atoms with Gasteiger partial charge in [0.2, 0.25) is 0 Å². The van der Waals surface area contributed by atoms with Crippen LogP contribution in [0, 0.1) is 46.3 Å². The van der Waals surface area contributed by atoms with Crippen molar-refractivity contribution >= 4 is 0 Å². The van der Waals surface area contributed by atoms with Crippen molar-refractivity contribution in [2.75, 3.05) is 0 Å². The SMILES string of the molecule is CC(C)C(C)CC(O)C(C)[C@H]1CC[C@H]2C3=CC=C4C[C@@H](O)CC[C@]4(C)[C@H]3CC[C@]12C. The van der Waals surface area contributed by atoms with Gasteiger partial charge in [-0.3, -0.25) is 0 Å². The molecule has 3 saturated carbocycles. The highest BCUT2D eigenvalue weighted by atomic mass is 16.3. The number of aliphatic hydroxyl groups is 2. The van der Waals surface area contributed by atoms with Gasteiger partial charge in [-0.2, -0.15) is 0 Å². The molecule has 4 aliphatic carbocycles. The van der Waals surface area contributed by atoms with Gasteiger partial charge in [0.15, 0.2) is 0 Å². The van der Waals surface area contributed by atoms with Crippen molar-refractivity contribution in [1.29, 1.82) is 0 Å². The Morgan fingerprint density at radius 2 is 1.70 bits per heavy atom. The lowest BCUT2D eigenvalue weighted by Gasteiger charge is -2.55. The topological polar surface area (TPSA) is 40.5 Å². The summed E-state index contributed by atoms with van der Waals surface area (Å²) in [6.07, 6.45) is 13.6. The number of hydrogen-bond donors (Lipinski definition) is 2. The lowest BCUT2D eigenvalue weighted by atomic mass is 9.50. The van der Waals surface area contributed by atoms with E-state index in [2.05, 4.69) is 53.7 Å². The molecule has 0 radical (unpaired) electrons. The van der Waals surface area contributed by atoms with Gasteiger partial charge >= 0.3 is 0 Å². The molecular weight excluding hydrogens is 368 g/mol. The average molecular weight is 415 g/mol. The van der Waals surface area contributed by atoms with Gasteiger partial charge in [0, 0.05) is 0 Å². The average Bonchev–Trinajstić information content (AvgIpc) is 3.04. The van der Waals surface area contributed by atoms with Gasteiger partial charge in [-0.05, 0) is 97.7 Å². The highest BCUT2D eigenvalue weighted by molar-refractivity contribution is 5.38. The second-order valence-electron chi connectivity index (χ2n) is 12.4. The van der Waals surface area contributed by atoms with Gasteiger partial charge in [0.05, 0.1) is 12.2 Å². The molecule has 0 aromatic heterocycles. The van der Waals surface area contributed by atoms with E-state index < -0.39 is 0 Å². The Hall–Kier alpha value is -0.600. The number of aliphatic hydroxyl groups excluding tert-OH is 2. The minimum absolute atomic E-state index is 0.139. The lowest BCUT2D eigenvalue weighted by Crippen LogP contribution is -2.47. The molecule has 2 N–H and O–H groups in total. The number of fused-ring (bicyclic) bond motifs is 5. The van der Waals surface area contributed by atoms with E-state index in [-0.39, 0.29) is 17.6 Å². The Bertz CT molecular complexity index is 705. The van der Waals surface area contributed by atoms with Crippen LogP contribution in [0.25, 0.3) is 0 Å². The lowest BCUT2D eigenvalue weighted by molar-refractivity contribution is -0.00814. The summed E-state index contributed by atoms with van der Waals surface area (Å²) in [4.78, 5) is 0. The Morgan fingerprint density at radius 3 is 2.40 bits per heavy atom. The van der Waals surface area contributed by atoms with Crippen molar-refractivity contribution in [2.45, 2.75) is 105 Å². The zero-order valence-electron chi connectivity index (χ0n) is 20.3. The highest BCUT2D eigenvalue weighted by Crippen LogP contribution is 2.66. The van der Waals surface area contributed by atoms with Crippen molar-refractivity contribution in [2.24, 2.45) is 46.3 Å². The smallest absolute Gasteiger partial charge is 0.0578 e. The normalized spacial score (nSPS) is 43.8. The third-order valence-electron chi connectivity index (χ3n) is 10.6. The van der Waals surface area contributed by atoms with Gasteiger partial charge in [-0.25, -0.2) is 0 Å². The van der Waals surface area contributed by atoms with Gasteiger partial charge < -0.3 is 10.2 Å². The molecule has 0 saturated heterocycles. The maximum absolute atomic E-state index is 11.1. The minimum atomic E-state index is -0.176. The van der Waals surface area contributed by atoms with Crippen LogP contribution in [-0.2, 0) is 0 Å². The number of hydrogen-bond acceptors (Lipinski definition) is 2. The first-order chi connectivity index (χ1) is 14.1. The zero-order chi connectivity index (χ0) is 21.8. The third kappa shape index (κ3) is 3.54. The molecule has 30 heavy (non-hydrogen) atoms. The fourth-order valence-corrected chi connectivity index (χ4v) is 8.02. The maximum Gasteiger partial charge on any atom is 0.0578 e. The van der Waals surface area contributed by atoms with Crippen LogP contribution in [0.1, 0.15) is 92.9 Å². The third-order valence-corrected chi connectivity index (χ3v) is 10.6. The molecule has 4 rings (SSSR count). The van der Waals surface area contributed by atoms with E-state index in [9.17, 15) is 10.2 Å². The van der Waals surface area contributed by atoms with Crippen LogP contribution in [-0.4, -0.2) is 22.4 Å². The Labute approximate surface area is 185 Å². The van der Waals surface area contributed by atoms with Crippen LogP contribution in [0.15, 0.2) is 23.3 Å². The first-order valence-corrected chi connectivity index (χ1v) is 12.8. The molecule has 170 valence electrons. The second kappa shape index (κ2) is 8.07. The summed E-state index contributed by atoms with van der Waals surface area (Å²) in [5.41, 5.74) is 3.81. The quantitative estimate of drug-likeness (QED) is 0.537. The Kier molecular flexibility index (Phi) is 6.08. The fraction of sp³-hybridized carbons (Fsp3) is 0.857. The standard InChI is InChI=1S/C28H46O2/c1-17(2)18(3)15-26(30)19(4)23-9-10-24-22-8-7-20-16-21(29)11-13-27(20,5)25(22)12-14-28(23,24)6/h7-8,17-19,21,23-26,29-30H,9-16H2,1-6H3/t18?,19?,21-,23+,24-,25-,26?,27-,28+/m0/s1. The van der Waals surface area contributed by atoms with Gasteiger partial charge in [0.1, 0.15) is 0 Å². The summed E-state index contributed by atoms with van der Waals surface area (Å²) in [6.45, 7) is 14.2. The van der Waals surface area contributed by atoms with Crippen LogP contribution in [0.2, 0.25) is 0 Å². The molecule has 0 spiro atoms. The molecule has 0 heterocycles. The predicted molar refractivity (Wildman–Crippen MR) is 125 cm³/mol. The monoisotopic (exact) mass is 414 g/mol. The molecule has 0 aromatic rings. The predicted octanol–water partition coefficient (Wildman–Crippen LogP) is 6.53. The molecule has 0 amide bonds. The van der Waals surface area contributed by atoms with Crippen molar-refractivity contribution in [1.82, 2.24) is 0 Å². The van der Waals surface area contributed by atoms with Gasteiger partial charge in [-0.15, -0.1) is 0 Å². The molecule has 3 unspecified atom stereocenters. The van der Waals surface area contributed by atoms with Gasteiger partial charge in [0.25, 0.3) is 0 Å². The summed E-state index contributed by atoms with van der Waals surface area (Å²) in [5.74, 6) is 3.58. The van der Waals surface area contributed by atoms with Crippen molar-refractivity contribution < 1.29 is 10.2 Å². The van der Waals surface area contributed by atoms with Crippen LogP contribution in [0.4, 0.5) is 0 Å². The highest BCUT2D eigenvalue weighted by Gasteiger charge is 2.57. The van der Waals surface area contributed by atoms with E-state index in [4.69, 9.17) is 0 Å². The first-order valence-electron chi connectivity index (χ1n) is 12.8. The Balaban J connectivity index is 1.55. The van der Waals surface area contributed by atoms with E-state index in [1.807, 2.05) is 0 Å². The minimum Gasteiger partial charge on any atom is -0.393 e. The maximum atomic E-state index is 11.1. The van der Waals surface area contributed by atoms with E-state index in [0.29, 0.717) is 40.9 Å². The summed E-state index contributed by atoms with van der Waals surface area (Å²) < 4.78 is 0. The summed E-state index contributed by atoms with van der Waals surface area (Å²) in [6, 6.07) is 0. The summed E-state index contributed by atoms with van der Waals surface area (Å²) >= 11 is 0. The molecular formula is C28H46O2. The molecule has 0 aromatic carbocycles. The van der Waals surface area contributed by atoms with E-state index in [1.165, 1.54) is 31.3 Å². The van der Waals surface area contributed by atoms with Crippen LogP contribution < -0.4 is 0 Å². The van der Waals surface area contributed by atoms with E-state index in [1.54, 1.807) is 5.57 Å². The molecule has 4 aliphatic rings. The van der Waals surface area contributed by atoms with E-state index in [0.717, 1.165) is 25.7 Å². The molecule has 9 atom stereocenters. The largest absolute Gasteiger partial charge is 0.393 e. The van der Waals surface area contributed by atoms with Gasteiger partial charge in [-0.1, -0.05) is 64.8 Å². The van der Waals surface area contributed by atoms with Crippen LogP contribution >= 0.6 is 0 Å². The molecule has 2 heteroatoms. The molecule has 2 nitrogen and oxygen atoms in total.